The number of Topliss-reactive ketones (excluding diaryl/α,β-unsaturated/α-hetero) is 1. The third-order valence-corrected chi connectivity index (χ3v) is 4.70. The Kier molecular flexibility index (Phi) is 4.92. The number of alkyl halides is 2. The van der Waals surface area contributed by atoms with Crippen molar-refractivity contribution in [3.8, 4) is 0 Å². The Balaban J connectivity index is 2.60. The summed E-state index contributed by atoms with van der Waals surface area (Å²) in [5, 5.41) is 3.79. The van der Waals surface area contributed by atoms with E-state index in [1.807, 2.05) is 16.8 Å². The zero-order valence-corrected chi connectivity index (χ0v) is 14.6. The second-order valence-electron chi connectivity index (χ2n) is 5.33. The summed E-state index contributed by atoms with van der Waals surface area (Å²) >= 11 is 7.72. The van der Waals surface area contributed by atoms with Crippen molar-refractivity contribution in [2.24, 2.45) is 0 Å². The molecule has 0 saturated heterocycles. The van der Waals surface area contributed by atoms with Crippen molar-refractivity contribution in [2.45, 2.75) is 26.7 Å². The molecule has 0 radical (unpaired) electrons. The normalized spacial score (nSPS) is 16.8. The van der Waals surface area contributed by atoms with E-state index in [9.17, 15) is 13.6 Å². The van der Waals surface area contributed by atoms with Gasteiger partial charge in [-0.1, -0.05) is 18.2 Å². The van der Waals surface area contributed by atoms with Crippen LogP contribution in [0, 0.1) is 0 Å². The smallest absolute Gasteiger partial charge is 0.272 e. The van der Waals surface area contributed by atoms with Gasteiger partial charge in [0.2, 0.25) is 0 Å². The second kappa shape index (κ2) is 6.42. The fourth-order valence-corrected chi connectivity index (χ4v) is 3.04. The lowest BCUT2D eigenvalue weighted by Crippen LogP contribution is -2.27. The van der Waals surface area contributed by atoms with Crippen molar-refractivity contribution >= 4 is 34.3 Å². The maximum Gasteiger partial charge on any atom is 0.272 e. The number of thiophene rings is 1. The summed E-state index contributed by atoms with van der Waals surface area (Å²) in [4.78, 5) is 12.9. The highest BCUT2D eigenvalue weighted by Gasteiger charge is 2.35. The minimum Gasteiger partial charge on any atom is -0.307 e. The van der Waals surface area contributed by atoms with Crippen LogP contribution in [0.4, 0.5) is 8.78 Å². The maximum absolute atomic E-state index is 14.0. The van der Waals surface area contributed by atoms with Crippen molar-refractivity contribution in [2.75, 3.05) is 0 Å². The van der Waals surface area contributed by atoms with Gasteiger partial charge in [0.25, 0.3) is 5.92 Å². The third-order valence-electron chi connectivity index (χ3n) is 3.55. The van der Waals surface area contributed by atoms with Gasteiger partial charge in [0.1, 0.15) is 5.16 Å². The van der Waals surface area contributed by atoms with Crippen LogP contribution in [-0.2, 0) is 4.79 Å². The Labute approximate surface area is 143 Å². The van der Waals surface area contributed by atoms with Crippen molar-refractivity contribution in [1.82, 2.24) is 4.90 Å². The first-order valence-corrected chi connectivity index (χ1v) is 8.15. The number of nitrogens with zero attached hydrogens (tertiary/aromatic N) is 1. The first-order valence-electron chi connectivity index (χ1n) is 6.83. The molecule has 2 heterocycles. The molecular weight excluding hydrogens is 340 g/mol. The predicted molar refractivity (Wildman–Crippen MR) is 91.2 cm³/mol. The molecular formula is C17H16ClF2NOS. The van der Waals surface area contributed by atoms with Gasteiger partial charge in [-0.05, 0) is 47.9 Å². The SMILES string of the molecule is C=C1C(C(C)(F)F)=CC(c2ccsc2)=CN1/C(Cl)=C(\C)C(C)=O. The van der Waals surface area contributed by atoms with E-state index in [1.54, 1.807) is 13.1 Å². The number of allylic oxidation sites excluding steroid dienone is 4. The van der Waals surface area contributed by atoms with Gasteiger partial charge < -0.3 is 4.90 Å². The molecule has 2 nitrogen and oxygen atoms in total. The second-order valence-corrected chi connectivity index (χ2v) is 6.47. The molecule has 0 aromatic carbocycles. The highest BCUT2D eigenvalue weighted by atomic mass is 35.5. The van der Waals surface area contributed by atoms with E-state index in [1.165, 1.54) is 29.2 Å². The highest BCUT2D eigenvalue weighted by molar-refractivity contribution is 7.08. The van der Waals surface area contributed by atoms with E-state index in [0.717, 1.165) is 12.5 Å². The summed E-state index contributed by atoms with van der Waals surface area (Å²) in [5.41, 5.74) is 1.51. The lowest BCUT2D eigenvalue weighted by atomic mass is 9.97. The Morgan fingerprint density at radius 1 is 1.39 bits per heavy atom. The van der Waals surface area contributed by atoms with Crippen LogP contribution >= 0.6 is 22.9 Å². The van der Waals surface area contributed by atoms with Gasteiger partial charge in [0.15, 0.2) is 5.78 Å². The molecule has 1 aliphatic heterocycles. The lowest BCUT2D eigenvalue weighted by Gasteiger charge is -2.31. The highest BCUT2D eigenvalue weighted by Crippen LogP contribution is 2.40. The number of hydrogen-bond acceptors (Lipinski definition) is 3. The zero-order chi connectivity index (χ0) is 17.4. The van der Waals surface area contributed by atoms with E-state index < -0.39 is 5.92 Å². The van der Waals surface area contributed by atoms with Crippen molar-refractivity contribution < 1.29 is 13.6 Å². The number of rotatable bonds is 4. The zero-order valence-electron chi connectivity index (χ0n) is 13.0. The molecule has 6 heteroatoms. The van der Waals surface area contributed by atoms with Crippen LogP contribution in [0.3, 0.4) is 0 Å². The topological polar surface area (TPSA) is 20.3 Å². The molecule has 0 unspecified atom stereocenters. The van der Waals surface area contributed by atoms with Crippen LogP contribution in [0.15, 0.2) is 57.7 Å². The number of ketones is 1. The van der Waals surface area contributed by atoms with E-state index in [2.05, 4.69) is 6.58 Å². The molecule has 0 N–H and O–H groups in total. The monoisotopic (exact) mass is 355 g/mol. The summed E-state index contributed by atoms with van der Waals surface area (Å²) in [5.74, 6) is -3.31. The fraction of sp³-hybridized carbons (Fsp3) is 0.235. The van der Waals surface area contributed by atoms with Crippen molar-refractivity contribution in [3.05, 3.63) is 63.2 Å². The van der Waals surface area contributed by atoms with Crippen molar-refractivity contribution in [3.63, 3.8) is 0 Å². The summed E-state index contributed by atoms with van der Waals surface area (Å²) in [6.07, 6.45) is 3.03. The van der Waals surface area contributed by atoms with E-state index in [0.29, 0.717) is 5.57 Å². The number of carbonyl (C=O) groups is 1. The van der Waals surface area contributed by atoms with Gasteiger partial charge in [-0.15, -0.1) is 0 Å². The summed E-state index contributed by atoms with van der Waals surface area (Å²) in [7, 11) is 0. The molecule has 2 rings (SSSR count). The Morgan fingerprint density at radius 3 is 2.52 bits per heavy atom. The number of halogens is 3. The van der Waals surface area contributed by atoms with Gasteiger partial charge in [0, 0.05) is 30.0 Å². The average Bonchev–Trinajstić information content (AvgIpc) is 2.98. The summed E-state index contributed by atoms with van der Waals surface area (Å²) in [6, 6.07) is 1.83. The number of hydrogen-bond donors (Lipinski definition) is 0. The van der Waals surface area contributed by atoms with Gasteiger partial charge in [0.05, 0.1) is 0 Å². The maximum atomic E-state index is 14.0. The molecule has 0 atom stereocenters. The molecule has 0 fully saturated rings. The molecule has 1 aromatic heterocycles. The Bertz CT molecular complexity index is 739. The van der Waals surface area contributed by atoms with E-state index in [4.69, 9.17) is 11.6 Å². The Morgan fingerprint density at radius 2 is 2.04 bits per heavy atom. The van der Waals surface area contributed by atoms with Crippen molar-refractivity contribution in [1.29, 1.82) is 0 Å². The summed E-state index contributed by atoms with van der Waals surface area (Å²) in [6.45, 7) is 7.47. The molecule has 0 bridgehead atoms. The molecule has 1 aliphatic rings. The lowest BCUT2D eigenvalue weighted by molar-refractivity contribution is -0.113. The van der Waals surface area contributed by atoms with E-state index in [-0.39, 0.29) is 27.8 Å². The predicted octanol–water partition coefficient (Wildman–Crippen LogP) is 5.56. The molecule has 0 saturated carbocycles. The van der Waals surface area contributed by atoms with Crippen LogP contribution in [0.2, 0.25) is 0 Å². The van der Waals surface area contributed by atoms with Gasteiger partial charge in [-0.3, -0.25) is 4.79 Å². The fourth-order valence-electron chi connectivity index (χ4n) is 2.09. The first-order chi connectivity index (χ1) is 10.6. The summed E-state index contributed by atoms with van der Waals surface area (Å²) < 4.78 is 27.9. The first kappa shape index (κ1) is 17.6. The van der Waals surface area contributed by atoms with Crippen LogP contribution < -0.4 is 0 Å². The molecule has 122 valence electrons. The largest absolute Gasteiger partial charge is 0.307 e. The molecule has 1 aromatic rings. The van der Waals surface area contributed by atoms with Crippen LogP contribution in [0.1, 0.15) is 26.3 Å². The Hall–Kier alpha value is -1.72. The van der Waals surface area contributed by atoms with Gasteiger partial charge >= 0.3 is 0 Å². The minimum absolute atomic E-state index is 0.0575. The molecule has 0 amide bonds. The van der Waals surface area contributed by atoms with E-state index >= 15 is 0 Å². The minimum atomic E-state index is -3.08. The quantitative estimate of drug-likeness (QED) is 0.520. The molecule has 0 aliphatic carbocycles. The standard InChI is InChI=1S/C17H16ClF2NOS/c1-10(12(3)22)16(18)21-8-14(13-5-6-23-9-13)7-15(11(21)2)17(4,19)20/h5-9H,2H2,1,3-4H3/b16-10+. The number of carbonyl (C=O) groups excluding carboxylic acids is 1. The molecule has 23 heavy (non-hydrogen) atoms. The van der Waals surface area contributed by atoms with Crippen LogP contribution in [0.25, 0.3) is 5.57 Å². The van der Waals surface area contributed by atoms with Gasteiger partial charge in [-0.2, -0.15) is 11.3 Å². The molecule has 0 spiro atoms. The van der Waals surface area contributed by atoms with Gasteiger partial charge in [-0.25, -0.2) is 8.78 Å². The third kappa shape index (κ3) is 3.62. The average molecular weight is 356 g/mol. The van der Waals surface area contributed by atoms with Crippen LogP contribution in [-0.4, -0.2) is 16.6 Å². The van der Waals surface area contributed by atoms with Crippen LogP contribution in [0.5, 0.6) is 0 Å².